The zero-order chi connectivity index (χ0) is 47.0. The summed E-state index contributed by atoms with van der Waals surface area (Å²) in [5.74, 6) is 2.87. The molecule has 3 saturated heterocycles. The number of methoxy groups -OCH3 is 2. The van der Waals surface area contributed by atoms with E-state index in [1.54, 1.807) is 23.5 Å². The first kappa shape index (κ1) is 56.3. The average Bonchev–Trinajstić information content (AvgIpc) is 3.27. The Labute approximate surface area is 387 Å². The van der Waals surface area contributed by atoms with Crippen molar-refractivity contribution in [2.75, 3.05) is 82.6 Å². The van der Waals surface area contributed by atoms with Gasteiger partial charge in [-0.1, -0.05) is 6.92 Å². The zero-order valence-electron chi connectivity index (χ0n) is 37.0. The molecule has 0 bridgehead atoms. The van der Waals surface area contributed by atoms with Crippen molar-refractivity contribution in [1.29, 1.82) is 0 Å². The van der Waals surface area contributed by atoms with Crippen molar-refractivity contribution in [3.05, 3.63) is 0 Å². The number of amides is 1. The van der Waals surface area contributed by atoms with Gasteiger partial charge >= 0.3 is 0 Å². The number of carbonyl (C=O) groups is 1. The largest absolute Gasteiger partial charge is 0.390 e. The number of thioether (sulfide) groups is 3. The van der Waals surface area contributed by atoms with Crippen LogP contribution < -0.4 is 5.32 Å². The van der Waals surface area contributed by atoms with E-state index in [-0.39, 0.29) is 31.5 Å². The van der Waals surface area contributed by atoms with Crippen molar-refractivity contribution in [1.82, 2.24) is 5.32 Å². The maximum Gasteiger partial charge on any atom is 0.230 e. The van der Waals surface area contributed by atoms with Crippen LogP contribution in [-0.2, 0) is 47.4 Å². The lowest BCUT2D eigenvalue weighted by atomic mass is 9.81. The lowest BCUT2D eigenvalue weighted by Gasteiger charge is -2.45. The maximum atomic E-state index is 12.4. The van der Waals surface area contributed by atoms with Crippen molar-refractivity contribution >= 4 is 41.2 Å². The number of aliphatic hydroxyl groups is 10. The van der Waals surface area contributed by atoms with Crippen LogP contribution >= 0.6 is 35.3 Å². The molecule has 4 fully saturated rings. The number of rotatable bonds is 27. The minimum atomic E-state index is -1.61. The Morgan fingerprint density at radius 3 is 1.70 bits per heavy atom. The van der Waals surface area contributed by atoms with Crippen molar-refractivity contribution in [3.8, 4) is 0 Å². The van der Waals surface area contributed by atoms with Gasteiger partial charge in [0.25, 0.3) is 0 Å². The van der Waals surface area contributed by atoms with E-state index in [1.807, 2.05) is 0 Å². The molecule has 1 saturated carbocycles. The van der Waals surface area contributed by atoms with Crippen molar-refractivity contribution in [2.45, 2.75) is 161 Å². The molecule has 21 nitrogen and oxygen atoms in total. The molecule has 4 rings (SSSR count). The fourth-order valence-corrected chi connectivity index (χ4v) is 10.5. The molecule has 24 heteroatoms. The highest BCUT2D eigenvalue weighted by molar-refractivity contribution is 8.00. The van der Waals surface area contributed by atoms with Gasteiger partial charge in [-0.2, -0.15) is 23.5 Å². The Hall–Kier alpha value is -0.240. The van der Waals surface area contributed by atoms with Crippen LogP contribution in [0.5, 0.6) is 0 Å². The van der Waals surface area contributed by atoms with Crippen LogP contribution in [0, 0.1) is 0 Å². The van der Waals surface area contributed by atoms with Crippen molar-refractivity contribution < 1.29 is 98.5 Å². The summed E-state index contributed by atoms with van der Waals surface area (Å²) in [6.07, 6.45) is -19.7. The van der Waals surface area contributed by atoms with Gasteiger partial charge in [0.2, 0.25) is 5.91 Å². The van der Waals surface area contributed by atoms with E-state index < -0.39 is 128 Å². The van der Waals surface area contributed by atoms with Crippen LogP contribution in [0.3, 0.4) is 0 Å². The minimum Gasteiger partial charge on any atom is -0.390 e. The SMILES string of the molecule is CCCSCCCOC1C(OCC2OC(OC)C(O)C(O)C2O)OC(COC2OC(COC)C(O)C(O)C2OCCCSCCNC(=O)CSC2CCC(O)C(O)C2(C)O)C(O)C1O. The first-order chi connectivity index (χ1) is 30.6. The third-order valence-corrected chi connectivity index (χ3v) is 15.4. The second-order valence-electron chi connectivity index (χ2n) is 16.5. The van der Waals surface area contributed by atoms with Crippen LogP contribution in [0.1, 0.15) is 46.0 Å². The molecule has 1 aliphatic carbocycles. The molecule has 0 aromatic rings. The summed E-state index contributed by atoms with van der Waals surface area (Å²) in [7, 11) is 2.66. The summed E-state index contributed by atoms with van der Waals surface area (Å²) >= 11 is 4.54. The molecular weight excluding hydrogens is 911 g/mol. The van der Waals surface area contributed by atoms with Gasteiger partial charge in [-0.05, 0) is 56.3 Å². The molecular formula is C40H73NO20S3. The van der Waals surface area contributed by atoms with E-state index >= 15 is 0 Å². The fraction of sp³-hybridized carbons (Fsp3) is 0.975. The van der Waals surface area contributed by atoms with Crippen molar-refractivity contribution in [2.24, 2.45) is 0 Å². The molecule has 4 aliphatic rings. The minimum absolute atomic E-state index is 0.0940. The van der Waals surface area contributed by atoms with Gasteiger partial charge in [0, 0.05) is 45.0 Å². The lowest BCUT2D eigenvalue weighted by Crippen LogP contribution is -2.63. The van der Waals surface area contributed by atoms with Crippen LogP contribution in [0.15, 0.2) is 0 Å². The van der Waals surface area contributed by atoms with Gasteiger partial charge in [0.05, 0.1) is 31.7 Å². The summed E-state index contributed by atoms with van der Waals surface area (Å²) in [6, 6.07) is 0. The van der Waals surface area contributed by atoms with Gasteiger partial charge < -0.3 is 99.0 Å². The van der Waals surface area contributed by atoms with Gasteiger partial charge in [0.15, 0.2) is 18.9 Å². The molecule has 3 heterocycles. The summed E-state index contributed by atoms with van der Waals surface area (Å²) in [5, 5.41) is 109. The predicted molar refractivity (Wildman–Crippen MR) is 234 cm³/mol. The molecule has 0 aromatic carbocycles. The normalized spacial score (nSPS) is 40.7. The molecule has 1 amide bonds. The molecule has 64 heavy (non-hydrogen) atoms. The molecule has 376 valence electrons. The highest BCUT2D eigenvalue weighted by Crippen LogP contribution is 2.37. The molecule has 19 unspecified atom stereocenters. The Morgan fingerprint density at radius 2 is 1.17 bits per heavy atom. The zero-order valence-corrected chi connectivity index (χ0v) is 39.4. The Morgan fingerprint density at radius 1 is 0.656 bits per heavy atom. The maximum absolute atomic E-state index is 12.4. The van der Waals surface area contributed by atoms with E-state index in [0.717, 1.165) is 17.9 Å². The molecule has 11 N–H and O–H groups in total. The standard InChI is InChI=1S/C40H73NO20S3/c1-5-13-62-14-6-11-55-35-32(49)29(46)24(61-39(35)57-18-23-27(44)30(47)33(50)37(54-4)59-23)19-58-38-34(31(48)28(45)22(60-38)17-53-3)56-12-7-15-63-16-10-41-26(43)20-64-25-9-8-21(42)36(51)40(25,2)52/h21-25,27-39,42,44-52H,5-20H2,1-4H3,(H,41,43). The third-order valence-electron chi connectivity index (χ3n) is 11.5. The number of aliphatic hydroxyl groups excluding tert-OH is 9. The Balaban J connectivity index is 1.29. The molecule has 19 atom stereocenters. The number of ether oxygens (including phenoxy) is 9. The van der Waals surface area contributed by atoms with E-state index in [2.05, 4.69) is 12.2 Å². The molecule has 3 aliphatic heterocycles. The summed E-state index contributed by atoms with van der Waals surface area (Å²) in [5.41, 5.74) is -1.51. The monoisotopic (exact) mass is 983 g/mol. The summed E-state index contributed by atoms with van der Waals surface area (Å²) in [4.78, 5) is 12.4. The molecule has 0 radical (unpaired) electrons. The number of nitrogens with one attached hydrogen (secondary N) is 1. The molecule has 0 aromatic heterocycles. The van der Waals surface area contributed by atoms with Crippen LogP contribution in [-0.4, -0.2) is 255 Å². The summed E-state index contributed by atoms with van der Waals surface area (Å²) in [6.45, 7) is 3.35. The van der Waals surface area contributed by atoms with Crippen LogP contribution in [0.2, 0.25) is 0 Å². The summed E-state index contributed by atoms with van der Waals surface area (Å²) < 4.78 is 52.0. The number of carbonyl (C=O) groups excluding carboxylic acids is 1. The first-order valence-electron chi connectivity index (χ1n) is 21.9. The van der Waals surface area contributed by atoms with E-state index in [9.17, 15) is 55.9 Å². The highest BCUT2D eigenvalue weighted by atomic mass is 32.2. The van der Waals surface area contributed by atoms with E-state index in [0.29, 0.717) is 43.7 Å². The van der Waals surface area contributed by atoms with Gasteiger partial charge in [-0.25, -0.2) is 0 Å². The molecule has 0 spiro atoms. The van der Waals surface area contributed by atoms with Gasteiger partial charge in [-0.15, -0.1) is 11.8 Å². The van der Waals surface area contributed by atoms with Crippen LogP contribution in [0.25, 0.3) is 0 Å². The smallest absolute Gasteiger partial charge is 0.230 e. The Kier molecular flexibility index (Phi) is 25.0. The second-order valence-corrected chi connectivity index (χ2v) is 20.1. The van der Waals surface area contributed by atoms with Crippen molar-refractivity contribution in [3.63, 3.8) is 0 Å². The van der Waals surface area contributed by atoms with E-state index in [1.165, 1.54) is 32.9 Å². The topological polar surface area (TPSA) is 314 Å². The first-order valence-corrected chi connectivity index (χ1v) is 25.3. The van der Waals surface area contributed by atoms with Gasteiger partial charge in [0.1, 0.15) is 85.0 Å². The number of hydrogen-bond acceptors (Lipinski definition) is 23. The quantitative estimate of drug-likeness (QED) is 0.0364. The highest BCUT2D eigenvalue weighted by Gasteiger charge is 2.51. The van der Waals surface area contributed by atoms with Gasteiger partial charge in [-0.3, -0.25) is 4.79 Å². The fourth-order valence-electron chi connectivity index (χ4n) is 7.71. The number of hydrogen-bond donors (Lipinski definition) is 11. The second kappa shape index (κ2) is 28.4. The average molecular weight is 984 g/mol. The van der Waals surface area contributed by atoms with Crippen LogP contribution in [0.4, 0.5) is 0 Å². The van der Waals surface area contributed by atoms with E-state index in [4.69, 9.17) is 42.6 Å². The lowest BCUT2D eigenvalue weighted by molar-refractivity contribution is -0.347. The third kappa shape index (κ3) is 15.9. The predicted octanol–water partition coefficient (Wildman–Crippen LogP) is -3.07. The Bertz CT molecular complexity index is 1320.